The average molecular weight is 241 g/mol. The first kappa shape index (κ1) is 14.0. The van der Waals surface area contributed by atoms with Crippen molar-refractivity contribution in [2.75, 3.05) is 19.7 Å². The molecule has 0 saturated carbocycles. The van der Waals surface area contributed by atoms with Gasteiger partial charge in [-0.05, 0) is 19.3 Å². The molecule has 1 unspecified atom stereocenters. The highest BCUT2D eigenvalue weighted by Crippen LogP contribution is 2.19. The van der Waals surface area contributed by atoms with Crippen LogP contribution in [0.5, 0.6) is 0 Å². The Morgan fingerprint density at radius 1 is 1.41 bits per heavy atom. The first-order valence-corrected chi connectivity index (χ1v) is 6.51. The van der Waals surface area contributed by atoms with Crippen LogP contribution in [0.3, 0.4) is 0 Å². The van der Waals surface area contributed by atoms with Crippen LogP contribution in [0.15, 0.2) is 0 Å². The highest BCUT2D eigenvalue weighted by atomic mass is 16.5. The van der Waals surface area contributed by atoms with E-state index in [-0.39, 0.29) is 23.7 Å². The molecule has 1 rings (SSSR count). The van der Waals surface area contributed by atoms with E-state index in [4.69, 9.17) is 4.74 Å². The van der Waals surface area contributed by atoms with Gasteiger partial charge in [-0.3, -0.25) is 9.59 Å². The second kappa shape index (κ2) is 6.62. The zero-order valence-corrected chi connectivity index (χ0v) is 11.1. The van der Waals surface area contributed by atoms with Crippen LogP contribution in [-0.2, 0) is 14.3 Å². The third-order valence-electron chi connectivity index (χ3n) is 3.01. The molecule has 1 heterocycles. The molecule has 1 saturated heterocycles. The summed E-state index contributed by atoms with van der Waals surface area (Å²) in [6.07, 6.45) is 2.57. The van der Waals surface area contributed by atoms with Gasteiger partial charge in [0.05, 0.1) is 12.5 Å². The third-order valence-corrected chi connectivity index (χ3v) is 3.01. The van der Waals surface area contributed by atoms with Crippen LogP contribution in [0.25, 0.3) is 0 Å². The number of nitrogens with zero attached hydrogens (tertiary/aromatic N) is 1. The van der Waals surface area contributed by atoms with Crippen molar-refractivity contribution in [1.29, 1.82) is 0 Å². The summed E-state index contributed by atoms with van der Waals surface area (Å²) in [6.45, 7) is 7.53. The molecule has 98 valence electrons. The van der Waals surface area contributed by atoms with Crippen molar-refractivity contribution < 1.29 is 14.3 Å². The van der Waals surface area contributed by atoms with Gasteiger partial charge in [0.1, 0.15) is 0 Å². The first-order valence-electron chi connectivity index (χ1n) is 6.51. The van der Waals surface area contributed by atoms with E-state index in [0.29, 0.717) is 13.2 Å². The predicted molar refractivity (Wildman–Crippen MR) is 65.4 cm³/mol. The van der Waals surface area contributed by atoms with Crippen molar-refractivity contribution in [3.63, 3.8) is 0 Å². The maximum absolute atomic E-state index is 11.9. The molecule has 0 bridgehead atoms. The Bertz CT molecular complexity index is 276. The highest BCUT2D eigenvalue weighted by Gasteiger charge is 2.30. The molecule has 4 heteroatoms. The van der Waals surface area contributed by atoms with Gasteiger partial charge in [-0.2, -0.15) is 0 Å². The van der Waals surface area contributed by atoms with Crippen molar-refractivity contribution in [1.82, 2.24) is 4.90 Å². The van der Waals surface area contributed by atoms with E-state index < -0.39 is 0 Å². The summed E-state index contributed by atoms with van der Waals surface area (Å²) in [6, 6.07) is 0. The average Bonchev–Trinajstić information content (AvgIpc) is 2.35. The van der Waals surface area contributed by atoms with Crippen molar-refractivity contribution >= 4 is 11.9 Å². The van der Waals surface area contributed by atoms with Gasteiger partial charge >= 0.3 is 5.97 Å². The van der Waals surface area contributed by atoms with Crippen LogP contribution in [0.1, 0.15) is 40.0 Å². The van der Waals surface area contributed by atoms with Crippen LogP contribution in [-0.4, -0.2) is 36.5 Å². The summed E-state index contributed by atoms with van der Waals surface area (Å²) in [5.41, 5.74) is 0. The minimum absolute atomic E-state index is 0.000382. The zero-order valence-electron chi connectivity index (χ0n) is 11.1. The predicted octanol–water partition coefficient (Wildman–Crippen LogP) is 1.83. The minimum atomic E-state index is -0.145. The Labute approximate surface area is 103 Å². The monoisotopic (exact) mass is 241 g/mol. The highest BCUT2D eigenvalue weighted by molar-refractivity contribution is 5.79. The largest absolute Gasteiger partial charge is 0.465 e. The lowest BCUT2D eigenvalue weighted by molar-refractivity contribution is -0.152. The minimum Gasteiger partial charge on any atom is -0.465 e. The molecule has 0 N–H and O–H groups in total. The number of hydrogen-bond acceptors (Lipinski definition) is 3. The van der Waals surface area contributed by atoms with Gasteiger partial charge < -0.3 is 9.64 Å². The Balaban J connectivity index is 2.48. The molecule has 4 nitrogen and oxygen atoms in total. The van der Waals surface area contributed by atoms with E-state index in [9.17, 15) is 9.59 Å². The van der Waals surface area contributed by atoms with Crippen LogP contribution >= 0.6 is 0 Å². The van der Waals surface area contributed by atoms with Gasteiger partial charge in [-0.15, -0.1) is 0 Å². The fourth-order valence-electron chi connectivity index (χ4n) is 2.06. The number of hydrogen-bond donors (Lipinski definition) is 0. The summed E-state index contributed by atoms with van der Waals surface area (Å²) >= 11 is 0. The van der Waals surface area contributed by atoms with E-state index in [1.54, 1.807) is 4.90 Å². The number of piperidine rings is 1. The topological polar surface area (TPSA) is 46.6 Å². The van der Waals surface area contributed by atoms with Crippen LogP contribution in [0.2, 0.25) is 0 Å². The SMILES string of the molecule is CCCOC(=O)C1CCCN(C(=O)C(C)C)C1. The Morgan fingerprint density at radius 3 is 2.71 bits per heavy atom. The maximum Gasteiger partial charge on any atom is 0.310 e. The molecule has 1 aliphatic rings. The van der Waals surface area contributed by atoms with Crippen molar-refractivity contribution in [2.45, 2.75) is 40.0 Å². The Morgan fingerprint density at radius 2 is 2.12 bits per heavy atom. The molecule has 1 fully saturated rings. The first-order chi connectivity index (χ1) is 8.06. The molecule has 1 aliphatic heterocycles. The molecule has 0 spiro atoms. The van der Waals surface area contributed by atoms with Gasteiger partial charge in [-0.1, -0.05) is 20.8 Å². The second-order valence-electron chi connectivity index (χ2n) is 4.95. The standard InChI is InChI=1S/C13H23NO3/c1-4-8-17-13(16)11-6-5-7-14(9-11)12(15)10(2)3/h10-11H,4-9H2,1-3H3. The van der Waals surface area contributed by atoms with Gasteiger partial charge in [0.15, 0.2) is 0 Å². The molecule has 0 aromatic rings. The molecule has 0 aromatic heterocycles. The Kier molecular flexibility index (Phi) is 5.45. The number of rotatable bonds is 4. The smallest absolute Gasteiger partial charge is 0.310 e. The Hall–Kier alpha value is -1.06. The molecular weight excluding hydrogens is 218 g/mol. The molecule has 1 atom stereocenters. The zero-order chi connectivity index (χ0) is 12.8. The van der Waals surface area contributed by atoms with Gasteiger partial charge in [0.25, 0.3) is 0 Å². The van der Waals surface area contributed by atoms with E-state index in [1.165, 1.54) is 0 Å². The van der Waals surface area contributed by atoms with Crippen LogP contribution in [0.4, 0.5) is 0 Å². The third kappa shape index (κ3) is 4.02. The summed E-state index contributed by atoms with van der Waals surface area (Å²) < 4.78 is 5.14. The number of carbonyl (C=O) groups excluding carboxylic acids is 2. The number of ether oxygens (including phenoxy) is 1. The molecule has 17 heavy (non-hydrogen) atoms. The fourth-order valence-corrected chi connectivity index (χ4v) is 2.06. The van der Waals surface area contributed by atoms with E-state index in [2.05, 4.69) is 0 Å². The van der Waals surface area contributed by atoms with Gasteiger partial charge in [0, 0.05) is 19.0 Å². The summed E-state index contributed by atoms with van der Waals surface area (Å²) in [7, 11) is 0. The van der Waals surface area contributed by atoms with Crippen molar-refractivity contribution in [2.24, 2.45) is 11.8 Å². The lowest BCUT2D eigenvalue weighted by Gasteiger charge is -2.32. The summed E-state index contributed by atoms with van der Waals surface area (Å²) in [5.74, 6) is -0.135. The maximum atomic E-state index is 11.9. The van der Waals surface area contributed by atoms with Crippen LogP contribution < -0.4 is 0 Å². The second-order valence-corrected chi connectivity index (χ2v) is 4.95. The fraction of sp³-hybridized carbons (Fsp3) is 0.846. The molecule has 0 radical (unpaired) electrons. The van der Waals surface area contributed by atoms with Crippen LogP contribution in [0, 0.1) is 11.8 Å². The molecule has 0 aliphatic carbocycles. The van der Waals surface area contributed by atoms with Gasteiger partial charge in [-0.25, -0.2) is 0 Å². The molecule has 0 aromatic carbocycles. The lowest BCUT2D eigenvalue weighted by Crippen LogP contribution is -2.44. The van der Waals surface area contributed by atoms with E-state index >= 15 is 0 Å². The van der Waals surface area contributed by atoms with Crippen molar-refractivity contribution in [3.8, 4) is 0 Å². The number of esters is 1. The van der Waals surface area contributed by atoms with Gasteiger partial charge in [0.2, 0.25) is 5.91 Å². The number of carbonyl (C=O) groups is 2. The summed E-state index contributed by atoms with van der Waals surface area (Å²) in [5, 5.41) is 0. The quantitative estimate of drug-likeness (QED) is 0.705. The van der Waals surface area contributed by atoms with E-state index in [0.717, 1.165) is 25.8 Å². The number of likely N-dealkylation sites (tertiary alicyclic amines) is 1. The normalized spacial score (nSPS) is 20.5. The van der Waals surface area contributed by atoms with Crippen molar-refractivity contribution in [3.05, 3.63) is 0 Å². The molecular formula is C13H23NO3. The number of amides is 1. The summed E-state index contributed by atoms with van der Waals surface area (Å²) in [4.78, 5) is 25.4. The molecule has 1 amide bonds. The lowest BCUT2D eigenvalue weighted by atomic mass is 9.97. The van der Waals surface area contributed by atoms with E-state index in [1.807, 2.05) is 20.8 Å².